The number of amides is 1. The van der Waals surface area contributed by atoms with Gasteiger partial charge in [0.05, 0.1) is 25.4 Å². The van der Waals surface area contributed by atoms with Crippen LogP contribution in [0.25, 0.3) is 0 Å². The highest BCUT2D eigenvalue weighted by Crippen LogP contribution is 2.19. The lowest BCUT2D eigenvalue weighted by atomic mass is 10.0. The highest BCUT2D eigenvalue weighted by Gasteiger charge is 2.18. The zero-order chi connectivity index (χ0) is 57.8. The topological polar surface area (TPSA) is 95.9 Å². The lowest BCUT2D eigenvalue weighted by molar-refractivity contribution is -0.143. The van der Waals surface area contributed by atoms with Crippen LogP contribution in [0.1, 0.15) is 412 Å². The molecule has 0 bridgehead atoms. The number of unbranched alkanes of at least 4 members (excludes halogenated alkanes) is 56. The number of rotatable bonds is 69. The van der Waals surface area contributed by atoms with Gasteiger partial charge in [0.1, 0.15) is 0 Å². The van der Waals surface area contributed by atoms with Crippen molar-refractivity contribution >= 4 is 11.9 Å². The van der Waals surface area contributed by atoms with Gasteiger partial charge in [0.2, 0.25) is 5.91 Å². The molecule has 0 aromatic rings. The molecule has 80 heavy (non-hydrogen) atoms. The molecular weight excluding hydrogens is 983 g/mol. The van der Waals surface area contributed by atoms with Gasteiger partial charge in [-0.05, 0) is 57.8 Å². The number of aliphatic hydroxyl groups excluding tert-OH is 2. The number of hydrogen-bond acceptors (Lipinski definition) is 5. The number of carbonyl (C=O) groups is 2. The van der Waals surface area contributed by atoms with Crippen LogP contribution in [0.3, 0.4) is 0 Å². The first kappa shape index (κ1) is 78.3. The average molecular weight is 1130 g/mol. The van der Waals surface area contributed by atoms with E-state index in [-0.39, 0.29) is 18.5 Å². The summed E-state index contributed by atoms with van der Waals surface area (Å²) in [5, 5.41) is 23.3. The number of aliphatic hydroxyl groups is 2. The van der Waals surface area contributed by atoms with Gasteiger partial charge in [0, 0.05) is 12.8 Å². The number of ether oxygens (including phenoxy) is 1. The molecule has 0 aliphatic heterocycles. The van der Waals surface area contributed by atoms with E-state index >= 15 is 0 Å². The Balaban J connectivity index is 3.39. The average Bonchev–Trinajstić information content (AvgIpc) is 3.46. The summed E-state index contributed by atoms with van der Waals surface area (Å²) in [5.74, 6) is -0.0526. The zero-order valence-electron chi connectivity index (χ0n) is 54.3. The molecule has 6 nitrogen and oxygen atoms in total. The van der Waals surface area contributed by atoms with E-state index in [1.54, 1.807) is 6.08 Å². The maximum Gasteiger partial charge on any atom is 0.305 e. The quantitative estimate of drug-likeness (QED) is 0.0320. The molecule has 3 N–H and O–H groups in total. The third-order valence-corrected chi connectivity index (χ3v) is 17.2. The lowest BCUT2D eigenvalue weighted by Gasteiger charge is -2.20. The highest BCUT2D eigenvalue weighted by molar-refractivity contribution is 5.76. The molecule has 0 aliphatic carbocycles. The Morgan fingerprint density at radius 1 is 0.338 bits per heavy atom. The molecule has 0 aromatic carbocycles. The van der Waals surface area contributed by atoms with Gasteiger partial charge < -0.3 is 20.3 Å². The van der Waals surface area contributed by atoms with Crippen molar-refractivity contribution in [1.29, 1.82) is 0 Å². The zero-order valence-corrected chi connectivity index (χ0v) is 54.3. The van der Waals surface area contributed by atoms with Gasteiger partial charge in [0.15, 0.2) is 0 Å². The van der Waals surface area contributed by atoms with E-state index in [9.17, 15) is 19.8 Å². The van der Waals surface area contributed by atoms with Crippen LogP contribution < -0.4 is 5.32 Å². The van der Waals surface area contributed by atoms with Crippen LogP contribution in [-0.4, -0.2) is 47.4 Å². The predicted octanol–water partition coefficient (Wildman–Crippen LogP) is 23.7. The van der Waals surface area contributed by atoms with Crippen molar-refractivity contribution in [2.45, 2.75) is 424 Å². The molecule has 0 spiro atoms. The van der Waals surface area contributed by atoms with Crippen LogP contribution in [-0.2, 0) is 14.3 Å². The van der Waals surface area contributed by atoms with Crippen molar-refractivity contribution in [2.75, 3.05) is 13.2 Å². The van der Waals surface area contributed by atoms with E-state index in [0.717, 1.165) is 44.9 Å². The Morgan fingerprint density at radius 2 is 0.588 bits per heavy atom. The molecule has 0 aromatic heterocycles. The Labute approximate surface area is 501 Å². The van der Waals surface area contributed by atoms with Crippen molar-refractivity contribution in [1.82, 2.24) is 5.32 Å². The molecule has 0 saturated carbocycles. The van der Waals surface area contributed by atoms with Gasteiger partial charge in [-0.25, -0.2) is 0 Å². The second kappa shape index (κ2) is 69.8. The van der Waals surface area contributed by atoms with Crippen molar-refractivity contribution < 1.29 is 24.5 Å². The molecule has 6 heteroatoms. The minimum atomic E-state index is -0.844. The monoisotopic (exact) mass is 1130 g/mol. The third-order valence-electron chi connectivity index (χ3n) is 17.2. The van der Waals surface area contributed by atoms with Crippen LogP contribution in [0.5, 0.6) is 0 Å². The van der Waals surface area contributed by atoms with Crippen LogP contribution in [0.15, 0.2) is 24.3 Å². The summed E-state index contributed by atoms with van der Waals surface area (Å²) in [6.45, 7) is 4.93. The van der Waals surface area contributed by atoms with E-state index in [0.29, 0.717) is 19.4 Å². The number of esters is 1. The molecule has 0 aliphatic rings. The molecule has 474 valence electrons. The predicted molar refractivity (Wildman–Crippen MR) is 352 cm³/mol. The SMILES string of the molecule is CCCCCC/C=C\CCCCCCCC(=O)OCCCCCCCCCCCCCCCCCCCCCCCCCCCCC(=O)NC(CO)C(O)/C=C/CCCCCCCCCCCCCCCCCCCCCCCC. The van der Waals surface area contributed by atoms with E-state index in [2.05, 4.69) is 31.3 Å². The lowest BCUT2D eigenvalue weighted by Crippen LogP contribution is -2.45. The van der Waals surface area contributed by atoms with E-state index in [1.165, 1.54) is 340 Å². The first-order valence-corrected chi connectivity index (χ1v) is 36.6. The largest absolute Gasteiger partial charge is 0.466 e. The molecule has 2 atom stereocenters. The van der Waals surface area contributed by atoms with Crippen LogP contribution >= 0.6 is 0 Å². The number of nitrogens with one attached hydrogen (secondary N) is 1. The Kier molecular flexibility index (Phi) is 68.4. The second-order valence-corrected chi connectivity index (χ2v) is 25.3. The molecule has 1 amide bonds. The van der Waals surface area contributed by atoms with Crippen LogP contribution in [0, 0.1) is 0 Å². The van der Waals surface area contributed by atoms with Crippen molar-refractivity contribution in [3.63, 3.8) is 0 Å². The molecule has 2 unspecified atom stereocenters. The maximum absolute atomic E-state index is 12.5. The van der Waals surface area contributed by atoms with E-state index < -0.39 is 12.1 Å². The van der Waals surface area contributed by atoms with Gasteiger partial charge >= 0.3 is 5.97 Å². The fourth-order valence-corrected chi connectivity index (χ4v) is 11.6. The van der Waals surface area contributed by atoms with Crippen molar-refractivity contribution in [2.24, 2.45) is 0 Å². The van der Waals surface area contributed by atoms with E-state index in [4.69, 9.17) is 4.74 Å². The molecule has 0 heterocycles. The van der Waals surface area contributed by atoms with Gasteiger partial charge in [0.25, 0.3) is 0 Å². The summed E-state index contributed by atoms with van der Waals surface area (Å²) < 4.78 is 5.48. The van der Waals surface area contributed by atoms with Gasteiger partial charge in [-0.3, -0.25) is 9.59 Å². The normalized spacial score (nSPS) is 12.6. The van der Waals surface area contributed by atoms with E-state index in [1.807, 2.05) is 6.08 Å². The summed E-state index contributed by atoms with van der Waals surface area (Å²) in [6, 6.07) is -0.627. The van der Waals surface area contributed by atoms with Gasteiger partial charge in [-0.2, -0.15) is 0 Å². The highest BCUT2D eigenvalue weighted by atomic mass is 16.5. The summed E-state index contributed by atoms with van der Waals surface area (Å²) in [6.07, 6.45) is 88.4. The Hall–Kier alpha value is -1.66. The number of carbonyl (C=O) groups excluding carboxylic acids is 2. The summed E-state index contributed by atoms with van der Waals surface area (Å²) >= 11 is 0. The standard InChI is InChI=1S/C74H143NO5/c1-3-5-7-9-11-13-15-17-18-19-20-21-22-27-30-33-36-39-43-46-50-54-58-62-66-72(77)71(70-76)75-73(78)67-63-59-55-51-47-44-40-37-34-31-28-25-23-24-26-29-32-35-38-41-45-49-53-57-61-65-69-80-74(79)68-64-60-56-52-48-42-16-14-12-10-8-6-4-2/h14,16,62,66,71-72,76-77H,3-13,15,17-61,63-65,67-70H2,1-2H3,(H,75,78)/b16-14-,66-62+. The van der Waals surface area contributed by atoms with Crippen LogP contribution in [0.4, 0.5) is 0 Å². The third kappa shape index (κ3) is 65.5. The van der Waals surface area contributed by atoms with Crippen molar-refractivity contribution in [3.05, 3.63) is 24.3 Å². The molecule has 0 saturated heterocycles. The summed E-state index contributed by atoms with van der Waals surface area (Å²) in [5.41, 5.74) is 0. The maximum atomic E-state index is 12.5. The van der Waals surface area contributed by atoms with Crippen LogP contribution in [0.2, 0.25) is 0 Å². The number of allylic oxidation sites excluding steroid dienone is 3. The Bertz CT molecular complexity index is 1250. The smallest absolute Gasteiger partial charge is 0.305 e. The summed E-state index contributed by atoms with van der Waals surface area (Å²) in [7, 11) is 0. The molecule has 0 radical (unpaired) electrons. The minimum Gasteiger partial charge on any atom is -0.466 e. The fraction of sp³-hybridized carbons (Fsp3) is 0.919. The first-order valence-electron chi connectivity index (χ1n) is 36.6. The Morgan fingerprint density at radius 3 is 0.900 bits per heavy atom. The second-order valence-electron chi connectivity index (χ2n) is 25.3. The first-order chi connectivity index (χ1) is 39.5. The number of hydrogen-bond donors (Lipinski definition) is 3. The summed E-state index contributed by atoms with van der Waals surface area (Å²) in [4.78, 5) is 24.6. The molecule has 0 fully saturated rings. The minimum absolute atomic E-state index is 0.00841. The fourth-order valence-electron chi connectivity index (χ4n) is 11.6. The van der Waals surface area contributed by atoms with Gasteiger partial charge in [-0.15, -0.1) is 0 Å². The molecular formula is C74H143NO5. The van der Waals surface area contributed by atoms with Gasteiger partial charge in [-0.1, -0.05) is 366 Å². The molecule has 0 rings (SSSR count). The van der Waals surface area contributed by atoms with Crippen molar-refractivity contribution in [3.8, 4) is 0 Å².